The number of fused-ring (bicyclic) bond motifs is 1. The fourth-order valence-corrected chi connectivity index (χ4v) is 4.67. The molecule has 0 atom stereocenters. The molecule has 2 heterocycles. The van der Waals surface area contributed by atoms with Gasteiger partial charge in [0.05, 0.1) is 18.4 Å². The van der Waals surface area contributed by atoms with E-state index in [1.807, 2.05) is 0 Å². The lowest BCUT2D eigenvalue weighted by molar-refractivity contribution is -0.137. The summed E-state index contributed by atoms with van der Waals surface area (Å²) in [6.45, 7) is -0.576. The van der Waals surface area contributed by atoms with E-state index in [0.717, 1.165) is 36.1 Å². The number of carbonyl (C=O) groups is 4. The summed E-state index contributed by atoms with van der Waals surface area (Å²) in [6.07, 6.45) is 5.78. The first-order valence-corrected chi connectivity index (χ1v) is 10.9. The first-order chi connectivity index (χ1) is 14.9. The van der Waals surface area contributed by atoms with Crippen LogP contribution in [0.25, 0.3) is 0 Å². The monoisotopic (exact) mass is 445 g/mol. The van der Waals surface area contributed by atoms with Crippen molar-refractivity contribution >= 4 is 40.0 Å². The normalized spacial score (nSPS) is 14.6. The summed E-state index contributed by atoms with van der Waals surface area (Å²) in [4.78, 5) is 51.6. The minimum atomic E-state index is -0.668. The average Bonchev–Trinajstić information content (AvgIpc) is 3.13. The highest BCUT2D eigenvalue weighted by Crippen LogP contribution is 2.39. The Labute approximate surface area is 182 Å². The van der Waals surface area contributed by atoms with Crippen LogP contribution in [0.4, 0.5) is 5.00 Å². The molecule has 0 aliphatic heterocycles. The van der Waals surface area contributed by atoms with Crippen molar-refractivity contribution in [3.05, 3.63) is 40.2 Å². The van der Waals surface area contributed by atoms with Crippen molar-refractivity contribution in [2.75, 3.05) is 25.5 Å². The number of carbonyl (C=O) groups excluding carboxylic acids is 4. The minimum Gasteiger partial charge on any atom is -0.459 e. The Morgan fingerprint density at radius 1 is 1.26 bits per heavy atom. The van der Waals surface area contributed by atoms with Crippen LogP contribution < -0.4 is 10.6 Å². The lowest BCUT2D eigenvalue weighted by atomic mass is 10.1. The highest BCUT2D eigenvalue weighted by molar-refractivity contribution is 7.17. The summed E-state index contributed by atoms with van der Waals surface area (Å²) in [6, 6.07) is 3.35. The Morgan fingerprint density at radius 2 is 2.06 bits per heavy atom. The number of nitrogens with zero attached hydrogens (tertiary/aromatic N) is 1. The van der Waals surface area contributed by atoms with Crippen LogP contribution in [0.15, 0.2) is 22.8 Å². The molecule has 2 N–H and O–H groups in total. The van der Waals surface area contributed by atoms with Gasteiger partial charge in [0.15, 0.2) is 12.4 Å². The first kappa shape index (κ1) is 21.1. The maximum absolute atomic E-state index is 12.8. The van der Waals surface area contributed by atoms with Crippen molar-refractivity contribution in [1.29, 1.82) is 0 Å². The molecule has 0 spiro atoms. The minimum absolute atomic E-state index is 0.0921. The van der Waals surface area contributed by atoms with Crippen LogP contribution in [0.3, 0.4) is 0 Å². The van der Waals surface area contributed by atoms with Crippen LogP contribution in [0, 0.1) is 0 Å². The Balaban J connectivity index is 1.38. The summed E-state index contributed by atoms with van der Waals surface area (Å²) in [7, 11) is 1.49. The van der Waals surface area contributed by atoms with Gasteiger partial charge in [0.2, 0.25) is 5.91 Å². The number of hydrogen-bond donors (Lipinski definition) is 2. The number of aryl methyl sites for hydroxylation is 1. The van der Waals surface area contributed by atoms with Crippen LogP contribution in [-0.2, 0) is 27.2 Å². The van der Waals surface area contributed by atoms with E-state index in [0.29, 0.717) is 17.0 Å². The zero-order valence-corrected chi connectivity index (χ0v) is 17.9. The predicted octanol–water partition coefficient (Wildman–Crippen LogP) is 1.98. The van der Waals surface area contributed by atoms with Gasteiger partial charge in [0.25, 0.3) is 11.8 Å². The van der Waals surface area contributed by atoms with Crippen LogP contribution >= 0.6 is 11.3 Å². The molecule has 2 aromatic rings. The molecular weight excluding hydrogens is 422 g/mol. The molecule has 0 bridgehead atoms. The smallest absolute Gasteiger partial charge is 0.341 e. The number of nitrogens with one attached hydrogen (secondary N) is 2. The molecule has 9 nitrogen and oxygen atoms in total. The standard InChI is InChI=1S/C21H23N3O6S/c1-24(10-16(25)22-12-7-8-12)17(26)11-30-21(28)18-13-4-2-6-15(13)31-20(18)23-19(27)14-5-3-9-29-14/h3,5,9,12H,2,4,6-8,10-11H2,1H3,(H,22,25)(H,23,27). The lowest BCUT2D eigenvalue weighted by Crippen LogP contribution is -2.40. The van der Waals surface area contributed by atoms with Gasteiger partial charge in [-0.1, -0.05) is 0 Å². The summed E-state index contributed by atoms with van der Waals surface area (Å²) in [5.41, 5.74) is 1.15. The molecule has 2 aliphatic rings. The number of anilines is 1. The molecule has 0 unspecified atom stereocenters. The third kappa shape index (κ3) is 4.96. The molecule has 10 heteroatoms. The van der Waals surface area contributed by atoms with Gasteiger partial charge in [-0.25, -0.2) is 4.79 Å². The van der Waals surface area contributed by atoms with Gasteiger partial charge in [-0.15, -0.1) is 11.3 Å². The third-order valence-electron chi connectivity index (χ3n) is 5.17. The first-order valence-electron chi connectivity index (χ1n) is 10.1. The second-order valence-corrected chi connectivity index (χ2v) is 8.77. The van der Waals surface area contributed by atoms with Gasteiger partial charge >= 0.3 is 5.97 Å². The lowest BCUT2D eigenvalue weighted by Gasteiger charge is -2.17. The summed E-state index contributed by atoms with van der Waals surface area (Å²) >= 11 is 1.34. The van der Waals surface area contributed by atoms with E-state index in [1.54, 1.807) is 6.07 Å². The third-order valence-corrected chi connectivity index (χ3v) is 6.38. The van der Waals surface area contributed by atoms with E-state index in [9.17, 15) is 19.2 Å². The molecule has 1 fully saturated rings. The summed E-state index contributed by atoms with van der Waals surface area (Å²) in [5.74, 6) is -1.71. The van der Waals surface area contributed by atoms with Crippen LogP contribution in [0.1, 0.15) is 50.6 Å². The van der Waals surface area contributed by atoms with Crippen LogP contribution in [0.5, 0.6) is 0 Å². The maximum Gasteiger partial charge on any atom is 0.341 e. The van der Waals surface area contributed by atoms with E-state index >= 15 is 0 Å². The maximum atomic E-state index is 12.8. The van der Waals surface area contributed by atoms with E-state index in [2.05, 4.69) is 10.6 Å². The SMILES string of the molecule is CN(CC(=O)NC1CC1)C(=O)COC(=O)c1c(NC(=O)c2ccco2)sc2c1CCC2. The molecule has 0 saturated heterocycles. The van der Waals surface area contributed by atoms with Crippen molar-refractivity contribution in [2.45, 2.75) is 38.1 Å². The van der Waals surface area contributed by atoms with Gasteiger partial charge in [-0.2, -0.15) is 0 Å². The molecule has 31 heavy (non-hydrogen) atoms. The van der Waals surface area contributed by atoms with Crippen molar-refractivity contribution in [1.82, 2.24) is 10.2 Å². The molecule has 0 radical (unpaired) electrons. The zero-order valence-electron chi connectivity index (χ0n) is 17.1. The molecule has 2 aliphatic carbocycles. The number of amides is 3. The second kappa shape index (κ2) is 8.93. The molecule has 4 rings (SSSR count). The Kier molecular flexibility index (Phi) is 6.08. The average molecular weight is 445 g/mol. The van der Waals surface area contributed by atoms with Gasteiger partial charge in [-0.3, -0.25) is 14.4 Å². The summed E-state index contributed by atoms with van der Waals surface area (Å²) < 4.78 is 10.4. The van der Waals surface area contributed by atoms with Crippen LogP contribution in [0.2, 0.25) is 0 Å². The number of likely N-dealkylation sites (N-methyl/N-ethyl adjacent to an activating group) is 1. The van der Waals surface area contributed by atoms with E-state index < -0.39 is 24.4 Å². The van der Waals surface area contributed by atoms with Crippen molar-refractivity contribution in [3.63, 3.8) is 0 Å². The fourth-order valence-electron chi connectivity index (χ4n) is 3.39. The Hall–Kier alpha value is -3.14. The van der Waals surface area contributed by atoms with Crippen LogP contribution in [-0.4, -0.2) is 54.8 Å². The Morgan fingerprint density at radius 3 is 2.77 bits per heavy atom. The largest absolute Gasteiger partial charge is 0.459 e. The van der Waals surface area contributed by atoms with E-state index in [4.69, 9.17) is 9.15 Å². The molecule has 2 aromatic heterocycles. The predicted molar refractivity (Wildman–Crippen MR) is 112 cm³/mol. The molecule has 164 valence electrons. The number of rotatable bonds is 8. The van der Waals surface area contributed by atoms with Crippen molar-refractivity contribution in [3.8, 4) is 0 Å². The zero-order chi connectivity index (χ0) is 22.0. The van der Waals surface area contributed by atoms with Gasteiger partial charge in [0, 0.05) is 18.0 Å². The summed E-state index contributed by atoms with van der Waals surface area (Å²) in [5, 5.41) is 5.92. The molecular formula is C21H23N3O6S. The van der Waals surface area contributed by atoms with Crippen molar-refractivity contribution < 1.29 is 28.3 Å². The number of thiophene rings is 1. The number of esters is 1. The highest BCUT2D eigenvalue weighted by atomic mass is 32.1. The number of furan rings is 1. The van der Waals surface area contributed by atoms with Gasteiger partial charge < -0.3 is 24.7 Å². The quantitative estimate of drug-likeness (QED) is 0.600. The topological polar surface area (TPSA) is 118 Å². The molecule has 0 aromatic carbocycles. The Bertz CT molecular complexity index is 1010. The second-order valence-electron chi connectivity index (χ2n) is 7.66. The van der Waals surface area contributed by atoms with E-state index in [1.165, 1.54) is 35.6 Å². The fraction of sp³-hybridized carbons (Fsp3) is 0.429. The molecule has 3 amide bonds. The number of ether oxygens (including phenoxy) is 1. The number of hydrogen-bond acceptors (Lipinski definition) is 7. The molecule has 1 saturated carbocycles. The van der Waals surface area contributed by atoms with Gasteiger partial charge in [-0.05, 0) is 49.8 Å². The van der Waals surface area contributed by atoms with Crippen molar-refractivity contribution in [2.24, 2.45) is 0 Å². The highest BCUT2D eigenvalue weighted by Gasteiger charge is 2.30. The van der Waals surface area contributed by atoms with Gasteiger partial charge in [0.1, 0.15) is 5.00 Å². The van der Waals surface area contributed by atoms with E-state index in [-0.39, 0.29) is 24.3 Å².